The zero-order chi connectivity index (χ0) is 14.0. The molecule has 0 spiro atoms. The largest absolute Gasteiger partial charge is 0.481 e. The van der Waals surface area contributed by atoms with Crippen molar-refractivity contribution >= 4 is 11.9 Å². The summed E-state index contributed by atoms with van der Waals surface area (Å²) in [7, 11) is 0. The molecule has 4 nitrogen and oxygen atoms in total. The lowest BCUT2D eigenvalue weighted by Gasteiger charge is -2.37. The van der Waals surface area contributed by atoms with Crippen LogP contribution in [0.2, 0.25) is 0 Å². The van der Waals surface area contributed by atoms with Crippen LogP contribution in [0.15, 0.2) is 0 Å². The first-order valence-corrected chi connectivity index (χ1v) is 7.41. The van der Waals surface area contributed by atoms with Gasteiger partial charge in [-0.15, -0.1) is 0 Å². The third-order valence-corrected chi connectivity index (χ3v) is 4.85. The fourth-order valence-corrected chi connectivity index (χ4v) is 3.68. The van der Waals surface area contributed by atoms with Gasteiger partial charge in [-0.25, -0.2) is 0 Å². The SMILES string of the molecule is CC1(C)CCCC1C(=O)N1CCCC(CC(=O)O)C1. The predicted molar refractivity (Wildman–Crippen MR) is 72.7 cm³/mol. The van der Waals surface area contributed by atoms with E-state index in [1.54, 1.807) is 0 Å². The van der Waals surface area contributed by atoms with Gasteiger partial charge in [0.2, 0.25) is 5.91 Å². The molecule has 19 heavy (non-hydrogen) atoms. The highest BCUT2D eigenvalue weighted by Crippen LogP contribution is 2.43. The number of hydrogen-bond donors (Lipinski definition) is 1. The van der Waals surface area contributed by atoms with E-state index < -0.39 is 5.97 Å². The number of likely N-dealkylation sites (tertiary alicyclic amines) is 1. The highest BCUT2D eigenvalue weighted by Gasteiger charge is 2.41. The number of rotatable bonds is 3. The summed E-state index contributed by atoms with van der Waals surface area (Å²) in [6.07, 6.45) is 5.32. The number of carboxylic acids is 1. The summed E-state index contributed by atoms with van der Waals surface area (Å²) in [6.45, 7) is 5.81. The minimum atomic E-state index is -0.750. The molecule has 2 unspecified atom stereocenters. The van der Waals surface area contributed by atoms with Gasteiger partial charge >= 0.3 is 5.97 Å². The number of carbonyl (C=O) groups is 2. The molecule has 4 heteroatoms. The summed E-state index contributed by atoms with van der Waals surface area (Å²) in [5.41, 5.74) is 0.108. The van der Waals surface area contributed by atoms with Crippen LogP contribution >= 0.6 is 0 Å². The molecule has 1 heterocycles. The van der Waals surface area contributed by atoms with Gasteiger partial charge in [-0.05, 0) is 37.0 Å². The highest BCUT2D eigenvalue weighted by molar-refractivity contribution is 5.80. The summed E-state index contributed by atoms with van der Waals surface area (Å²) in [6, 6.07) is 0. The van der Waals surface area contributed by atoms with Gasteiger partial charge in [-0.2, -0.15) is 0 Å². The Bertz CT molecular complexity index is 364. The Balaban J connectivity index is 1.97. The molecule has 0 radical (unpaired) electrons. The first-order chi connectivity index (χ1) is 8.90. The molecule has 0 bridgehead atoms. The molecule has 0 aromatic rings. The van der Waals surface area contributed by atoms with Crippen LogP contribution in [0.1, 0.15) is 52.4 Å². The van der Waals surface area contributed by atoms with Crippen LogP contribution in [0.4, 0.5) is 0 Å². The third-order valence-electron chi connectivity index (χ3n) is 4.85. The van der Waals surface area contributed by atoms with E-state index in [2.05, 4.69) is 13.8 Å². The second-order valence-electron chi connectivity index (χ2n) is 6.82. The standard InChI is InChI=1S/C15H25NO3/c1-15(2)7-3-6-12(15)14(19)16-8-4-5-11(10-16)9-13(17)18/h11-12H,3-10H2,1-2H3,(H,17,18). The van der Waals surface area contributed by atoms with Gasteiger partial charge < -0.3 is 10.0 Å². The van der Waals surface area contributed by atoms with Crippen molar-refractivity contribution in [2.75, 3.05) is 13.1 Å². The lowest BCUT2D eigenvalue weighted by molar-refractivity contribution is -0.143. The first-order valence-electron chi connectivity index (χ1n) is 7.41. The number of nitrogens with zero attached hydrogens (tertiary/aromatic N) is 1. The van der Waals surface area contributed by atoms with E-state index in [4.69, 9.17) is 5.11 Å². The minimum Gasteiger partial charge on any atom is -0.481 e. The normalized spacial score (nSPS) is 30.3. The second kappa shape index (κ2) is 5.51. The zero-order valence-electron chi connectivity index (χ0n) is 12.0. The fraction of sp³-hybridized carbons (Fsp3) is 0.867. The van der Waals surface area contributed by atoms with E-state index in [1.807, 2.05) is 4.90 Å². The molecule has 2 rings (SSSR count). The maximum absolute atomic E-state index is 12.6. The Morgan fingerprint density at radius 1 is 1.26 bits per heavy atom. The smallest absolute Gasteiger partial charge is 0.303 e. The quantitative estimate of drug-likeness (QED) is 0.855. The molecule has 1 amide bonds. The molecule has 1 aliphatic carbocycles. The summed E-state index contributed by atoms with van der Waals surface area (Å²) >= 11 is 0. The van der Waals surface area contributed by atoms with Crippen molar-refractivity contribution in [3.05, 3.63) is 0 Å². The molecule has 1 saturated carbocycles. The summed E-state index contributed by atoms with van der Waals surface area (Å²) < 4.78 is 0. The monoisotopic (exact) mass is 267 g/mol. The van der Waals surface area contributed by atoms with Gasteiger partial charge in [0.25, 0.3) is 0 Å². The number of carboxylic acid groups (broad SMARTS) is 1. The van der Waals surface area contributed by atoms with Crippen LogP contribution in [-0.2, 0) is 9.59 Å². The molecule has 2 atom stereocenters. The summed E-state index contributed by atoms with van der Waals surface area (Å²) in [5.74, 6) is -0.214. The average Bonchev–Trinajstić information content (AvgIpc) is 2.67. The van der Waals surface area contributed by atoms with Crippen molar-refractivity contribution in [1.29, 1.82) is 0 Å². The lowest BCUT2D eigenvalue weighted by atomic mass is 9.80. The molecular formula is C15H25NO3. The van der Waals surface area contributed by atoms with Crippen LogP contribution in [0.25, 0.3) is 0 Å². The topological polar surface area (TPSA) is 57.6 Å². The molecule has 1 N–H and O–H groups in total. The van der Waals surface area contributed by atoms with Crippen molar-refractivity contribution in [2.24, 2.45) is 17.3 Å². The fourth-order valence-electron chi connectivity index (χ4n) is 3.68. The molecule has 2 fully saturated rings. The Labute approximate surface area is 115 Å². The summed E-state index contributed by atoms with van der Waals surface area (Å²) in [4.78, 5) is 25.4. The maximum atomic E-state index is 12.6. The van der Waals surface area contributed by atoms with Crippen molar-refractivity contribution in [3.63, 3.8) is 0 Å². The van der Waals surface area contributed by atoms with Crippen LogP contribution in [0.5, 0.6) is 0 Å². The van der Waals surface area contributed by atoms with Crippen molar-refractivity contribution < 1.29 is 14.7 Å². The van der Waals surface area contributed by atoms with E-state index in [0.29, 0.717) is 6.54 Å². The molecule has 0 aromatic carbocycles. The van der Waals surface area contributed by atoms with Crippen LogP contribution in [0, 0.1) is 17.3 Å². The minimum absolute atomic E-state index is 0.108. The Kier molecular flexibility index (Phi) is 4.16. The maximum Gasteiger partial charge on any atom is 0.303 e. The number of amides is 1. The Morgan fingerprint density at radius 2 is 2.00 bits per heavy atom. The van der Waals surface area contributed by atoms with Gasteiger partial charge in [-0.1, -0.05) is 20.3 Å². The molecule has 2 aliphatic rings. The average molecular weight is 267 g/mol. The van der Waals surface area contributed by atoms with Gasteiger partial charge in [0.05, 0.1) is 0 Å². The number of carbonyl (C=O) groups excluding carboxylic acids is 1. The second-order valence-corrected chi connectivity index (χ2v) is 6.82. The summed E-state index contributed by atoms with van der Waals surface area (Å²) in [5, 5.41) is 8.88. The van der Waals surface area contributed by atoms with Crippen molar-refractivity contribution in [1.82, 2.24) is 4.90 Å². The van der Waals surface area contributed by atoms with Gasteiger partial charge in [0.1, 0.15) is 0 Å². The Hall–Kier alpha value is -1.06. The van der Waals surface area contributed by atoms with Crippen molar-refractivity contribution in [2.45, 2.75) is 52.4 Å². The van der Waals surface area contributed by atoms with Crippen LogP contribution in [-0.4, -0.2) is 35.0 Å². The van der Waals surface area contributed by atoms with E-state index in [9.17, 15) is 9.59 Å². The third kappa shape index (κ3) is 3.28. The number of piperidine rings is 1. The Morgan fingerprint density at radius 3 is 2.58 bits per heavy atom. The van der Waals surface area contributed by atoms with Gasteiger partial charge in [0.15, 0.2) is 0 Å². The lowest BCUT2D eigenvalue weighted by Crippen LogP contribution is -2.45. The number of aliphatic carboxylic acids is 1. The predicted octanol–water partition coefficient (Wildman–Crippen LogP) is 2.53. The molecule has 108 valence electrons. The molecular weight excluding hydrogens is 242 g/mol. The first kappa shape index (κ1) is 14.4. The molecule has 1 saturated heterocycles. The van der Waals surface area contributed by atoms with E-state index in [-0.39, 0.29) is 29.6 Å². The molecule has 1 aliphatic heterocycles. The van der Waals surface area contributed by atoms with E-state index in [1.165, 1.54) is 0 Å². The highest BCUT2D eigenvalue weighted by atomic mass is 16.4. The van der Waals surface area contributed by atoms with E-state index >= 15 is 0 Å². The van der Waals surface area contributed by atoms with Crippen LogP contribution in [0.3, 0.4) is 0 Å². The van der Waals surface area contributed by atoms with Crippen LogP contribution < -0.4 is 0 Å². The van der Waals surface area contributed by atoms with Gasteiger partial charge in [-0.3, -0.25) is 9.59 Å². The van der Waals surface area contributed by atoms with Crippen molar-refractivity contribution in [3.8, 4) is 0 Å². The zero-order valence-corrected chi connectivity index (χ0v) is 12.0. The number of hydrogen-bond acceptors (Lipinski definition) is 2. The van der Waals surface area contributed by atoms with E-state index in [0.717, 1.165) is 38.6 Å². The van der Waals surface area contributed by atoms with Gasteiger partial charge in [0, 0.05) is 25.4 Å². The molecule has 0 aromatic heterocycles.